The van der Waals surface area contributed by atoms with Gasteiger partial charge in [0, 0.05) is 19.6 Å². The van der Waals surface area contributed by atoms with E-state index in [4.69, 9.17) is 4.74 Å². The lowest BCUT2D eigenvalue weighted by Gasteiger charge is -2.57. The second-order valence-corrected chi connectivity index (χ2v) is 9.48. The summed E-state index contributed by atoms with van der Waals surface area (Å²) in [4.78, 5) is 2.21. The number of aliphatic hydroxyl groups is 1. The molecular formula is C25H28F6N2O2. The number of alkyl halides is 6. The predicted octanol–water partition coefficient (Wildman–Crippen LogP) is 5.13. The monoisotopic (exact) mass is 502 g/mol. The van der Waals surface area contributed by atoms with Crippen LogP contribution in [-0.4, -0.2) is 48.4 Å². The van der Waals surface area contributed by atoms with Crippen molar-refractivity contribution in [3.63, 3.8) is 0 Å². The van der Waals surface area contributed by atoms with Gasteiger partial charge in [0.1, 0.15) is 0 Å². The number of benzene rings is 2. The number of halogens is 6. The Morgan fingerprint density at radius 1 is 1.00 bits per heavy atom. The van der Waals surface area contributed by atoms with Crippen molar-refractivity contribution in [3.8, 4) is 0 Å². The van der Waals surface area contributed by atoms with Crippen molar-refractivity contribution < 1.29 is 36.2 Å². The van der Waals surface area contributed by atoms with E-state index in [-0.39, 0.29) is 24.8 Å². The van der Waals surface area contributed by atoms with Crippen LogP contribution in [0.2, 0.25) is 0 Å². The van der Waals surface area contributed by atoms with Crippen LogP contribution in [0.15, 0.2) is 48.5 Å². The summed E-state index contributed by atoms with van der Waals surface area (Å²) >= 11 is 0. The van der Waals surface area contributed by atoms with Gasteiger partial charge in [-0.25, -0.2) is 0 Å². The summed E-state index contributed by atoms with van der Waals surface area (Å²) in [5.41, 5.74) is -3.00. The largest absolute Gasteiger partial charge is 0.416 e. The molecule has 192 valence electrons. The molecule has 2 unspecified atom stereocenters. The molecule has 0 spiro atoms. The lowest BCUT2D eigenvalue weighted by Crippen LogP contribution is -2.71. The van der Waals surface area contributed by atoms with E-state index in [2.05, 4.69) is 10.2 Å². The SMILES string of the molecule is CC(OC[C@@]1(c2ccccc2)CC[C@]2(CO)CN1CCN2)c1cc(C(F)(F)F)cc(C(F)(F)F)c1. The van der Waals surface area contributed by atoms with E-state index in [0.717, 1.165) is 17.7 Å². The molecule has 2 fully saturated rings. The fourth-order valence-electron chi connectivity index (χ4n) is 5.17. The lowest BCUT2D eigenvalue weighted by molar-refractivity contribution is -0.143. The standard InChI is InChI=1S/C25H28F6N2O2/c1-17(18-11-20(24(26,27)28)13-21(12-18)25(29,30)31)35-16-23(19-5-3-2-4-6-19)8-7-22(15-34)14-33(23)10-9-32-22/h2-6,11-13,17,32,34H,7-10,14-16H2,1H3/t17?,22-,23-/m1/s1. The van der Waals surface area contributed by atoms with E-state index < -0.39 is 40.7 Å². The predicted molar refractivity (Wildman–Crippen MR) is 118 cm³/mol. The highest BCUT2D eigenvalue weighted by molar-refractivity contribution is 5.35. The van der Waals surface area contributed by atoms with Crippen LogP contribution < -0.4 is 5.32 Å². The molecule has 2 saturated heterocycles. The van der Waals surface area contributed by atoms with Gasteiger partial charge >= 0.3 is 12.4 Å². The first-order valence-electron chi connectivity index (χ1n) is 11.5. The Hall–Kier alpha value is -2.14. The van der Waals surface area contributed by atoms with Gasteiger partial charge in [-0.15, -0.1) is 0 Å². The molecule has 0 amide bonds. The zero-order valence-corrected chi connectivity index (χ0v) is 19.2. The summed E-state index contributed by atoms with van der Waals surface area (Å²) in [6.07, 6.45) is -9.59. The van der Waals surface area contributed by atoms with E-state index in [1.54, 1.807) is 0 Å². The van der Waals surface area contributed by atoms with Gasteiger partial charge in [-0.2, -0.15) is 26.3 Å². The van der Waals surface area contributed by atoms with E-state index in [9.17, 15) is 31.4 Å². The molecule has 4 nitrogen and oxygen atoms in total. The van der Waals surface area contributed by atoms with Crippen molar-refractivity contribution in [2.24, 2.45) is 0 Å². The highest BCUT2D eigenvalue weighted by Crippen LogP contribution is 2.44. The highest BCUT2D eigenvalue weighted by atomic mass is 19.4. The Morgan fingerprint density at radius 2 is 1.63 bits per heavy atom. The number of piperidine rings is 1. The minimum absolute atomic E-state index is 0.0317. The molecule has 2 aromatic carbocycles. The molecule has 2 heterocycles. The van der Waals surface area contributed by atoms with Crippen molar-refractivity contribution in [2.45, 2.75) is 49.3 Å². The number of hydrogen-bond donors (Lipinski definition) is 2. The van der Waals surface area contributed by atoms with Crippen LogP contribution in [0.1, 0.15) is 48.1 Å². The smallest absolute Gasteiger partial charge is 0.394 e. The summed E-state index contributed by atoms with van der Waals surface area (Å²) in [5.74, 6) is 0. The molecule has 2 N–H and O–H groups in total. The van der Waals surface area contributed by atoms with Crippen LogP contribution in [-0.2, 0) is 22.6 Å². The van der Waals surface area contributed by atoms with Gasteiger partial charge in [0.2, 0.25) is 0 Å². The average Bonchev–Trinajstić information content (AvgIpc) is 2.83. The number of nitrogens with zero attached hydrogens (tertiary/aromatic N) is 1. The van der Waals surface area contributed by atoms with E-state index in [0.29, 0.717) is 32.5 Å². The molecule has 35 heavy (non-hydrogen) atoms. The number of hydrogen-bond acceptors (Lipinski definition) is 4. The third-order valence-electron chi connectivity index (χ3n) is 7.26. The molecule has 4 rings (SSSR count). The molecule has 2 bridgehead atoms. The van der Waals surface area contributed by atoms with E-state index in [1.807, 2.05) is 30.3 Å². The number of ether oxygens (including phenoxy) is 1. The topological polar surface area (TPSA) is 44.7 Å². The summed E-state index contributed by atoms with van der Waals surface area (Å²) in [6, 6.07) is 11.1. The maximum absolute atomic E-state index is 13.3. The van der Waals surface area contributed by atoms with Crippen LogP contribution >= 0.6 is 0 Å². The molecule has 2 aromatic rings. The average molecular weight is 502 g/mol. The first-order chi connectivity index (χ1) is 16.4. The Labute approximate surface area is 199 Å². The van der Waals surface area contributed by atoms with Crippen LogP contribution in [0, 0.1) is 0 Å². The summed E-state index contributed by atoms with van der Waals surface area (Å²) < 4.78 is 86.0. The molecule has 2 aliphatic rings. The first-order valence-corrected chi connectivity index (χ1v) is 11.5. The molecule has 0 aliphatic carbocycles. The van der Waals surface area contributed by atoms with Crippen molar-refractivity contribution >= 4 is 0 Å². The number of rotatable bonds is 6. The molecule has 4 atom stereocenters. The zero-order chi connectivity index (χ0) is 25.5. The second kappa shape index (κ2) is 9.38. The van der Waals surface area contributed by atoms with Crippen LogP contribution in [0.5, 0.6) is 0 Å². The number of aliphatic hydroxyl groups excluding tert-OH is 1. The Balaban J connectivity index is 1.64. The number of piperazine rings is 1. The minimum Gasteiger partial charge on any atom is -0.394 e. The highest BCUT2D eigenvalue weighted by Gasteiger charge is 2.50. The van der Waals surface area contributed by atoms with Crippen molar-refractivity contribution in [1.82, 2.24) is 10.2 Å². The van der Waals surface area contributed by atoms with E-state index in [1.165, 1.54) is 6.92 Å². The fraction of sp³-hybridized carbons (Fsp3) is 0.520. The molecule has 0 aromatic heterocycles. The molecular weight excluding hydrogens is 474 g/mol. The quantitative estimate of drug-likeness (QED) is 0.538. The van der Waals surface area contributed by atoms with Crippen LogP contribution in [0.4, 0.5) is 26.3 Å². The fourth-order valence-corrected chi connectivity index (χ4v) is 5.17. The third kappa shape index (κ3) is 5.21. The molecule has 10 heteroatoms. The Morgan fingerprint density at radius 3 is 2.20 bits per heavy atom. The maximum atomic E-state index is 13.3. The van der Waals surface area contributed by atoms with E-state index >= 15 is 0 Å². The van der Waals surface area contributed by atoms with Gasteiger partial charge in [-0.3, -0.25) is 4.90 Å². The van der Waals surface area contributed by atoms with Gasteiger partial charge in [0.15, 0.2) is 0 Å². The molecule has 0 radical (unpaired) electrons. The van der Waals surface area contributed by atoms with Crippen molar-refractivity contribution in [1.29, 1.82) is 0 Å². The van der Waals surface area contributed by atoms with Gasteiger partial charge in [-0.1, -0.05) is 30.3 Å². The van der Waals surface area contributed by atoms with Gasteiger partial charge in [0.05, 0.1) is 41.5 Å². The number of fused-ring (bicyclic) bond motifs is 2. The van der Waals surface area contributed by atoms with Gasteiger partial charge in [-0.05, 0) is 49.1 Å². The first kappa shape index (κ1) is 25.9. The van der Waals surface area contributed by atoms with Crippen LogP contribution in [0.3, 0.4) is 0 Å². The molecule has 2 aliphatic heterocycles. The van der Waals surface area contributed by atoms with Crippen molar-refractivity contribution in [2.75, 3.05) is 32.8 Å². The maximum Gasteiger partial charge on any atom is 0.416 e. The minimum atomic E-state index is -4.92. The van der Waals surface area contributed by atoms with Crippen LogP contribution in [0.25, 0.3) is 0 Å². The summed E-state index contributed by atoms with van der Waals surface area (Å²) in [6.45, 7) is 3.38. The lowest BCUT2D eigenvalue weighted by atomic mass is 9.73. The summed E-state index contributed by atoms with van der Waals surface area (Å²) in [5, 5.41) is 13.4. The number of nitrogens with one attached hydrogen (secondary N) is 1. The third-order valence-corrected chi connectivity index (χ3v) is 7.26. The second-order valence-electron chi connectivity index (χ2n) is 9.48. The van der Waals surface area contributed by atoms with Crippen molar-refractivity contribution in [3.05, 3.63) is 70.8 Å². The normalized spacial score (nSPS) is 28.1. The Kier molecular flexibility index (Phi) is 6.95. The molecule has 0 saturated carbocycles. The summed E-state index contributed by atoms with van der Waals surface area (Å²) in [7, 11) is 0. The van der Waals surface area contributed by atoms with Gasteiger partial charge < -0.3 is 15.2 Å². The van der Waals surface area contributed by atoms with Gasteiger partial charge in [0.25, 0.3) is 0 Å². The Bertz CT molecular complexity index is 997. The zero-order valence-electron chi connectivity index (χ0n) is 19.2.